The molecule has 2 heterocycles. The molecular weight excluding hydrogens is 398 g/mol. The number of carbonyl (C=O) groups is 1. The van der Waals surface area contributed by atoms with Gasteiger partial charge in [0.15, 0.2) is 5.82 Å². The van der Waals surface area contributed by atoms with E-state index in [1.165, 1.54) is 23.0 Å². The zero-order valence-corrected chi connectivity index (χ0v) is 17.7. The molecule has 0 fully saturated rings. The van der Waals surface area contributed by atoms with Gasteiger partial charge in [-0.1, -0.05) is 35.9 Å². The van der Waals surface area contributed by atoms with E-state index in [2.05, 4.69) is 10.3 Å². The highest BCUT2D eigenvalue weighted by Gasteiger charge is 2.20. The van der Waals surface area contributed by atoms with E-state index in [9.17, 15) is 9.59 Å². The number of hydrogen-bond donors (Lipinski definition) is 1. The Morgan fingerprint density at radius 2 is 1.93 bits per heavy atom. The van der Waals surface area contributed by atoms with Crippen molar-refractivity contribution in [1.82, 2.24) is 14.9 Å². The number of methoxy groups -OCH3 is 1. The summed E-state index contributed by atoms with van der Waals surface area (Å²) in [6.07, 6.45) is 0. The number of ether oxygens (including phenoxy) is 1. The van der Waals surface area contributed by atoms with Crippen LogP contribution in [0.3, 0.4) is 0 Å². The quantitative estimate of drug-likeness (QED) is 0.532. The van der Waals surface area contributed by atoms with Crippen molar-refractivity contribution in [3.8, 4) is 16.5 Å². The molecule has 4 aromatic rings. The first-order valence-electron chi connectivity index (χ1n) is 9.45. The molecular formula is C23H21N3O3S. The Morgan fingerprint density at radius 1 is 1.17 bits per heavy atom. The molecule has 7 heteroatoms. The van der Waals surface area contributed by atoms with Crippen LogP contribution in [-0.2, 0) is 13.6 Å². The molecule has 152 valence electrons. The number of carbonyl (C=O) groups excluding carboxylic acids is 1. The van der Waals surface area contributed by atoms with Gasteiger partial charge in [0.2, 0.25) is 0 Å². The average Bonchev–Trinajstić information content (AvgIpc) is 3.29. The first-order valence-corrected chi connectivity index (χ1v) is 10.3. The van der Waals surface area contributed by atoms with Crippen molar-refractivity contribution in [3.63, 3.8) is 0 Å². The highest BCUT2D eigenvalue weighted by atomic mass is 32.1. The summed E-state index contributed by atoms with van der Waals surface area (Å²) in [6, 6.07) is 15.1. The van der Waals surface area contributed by atoms with Crippen molar-refractivity contribution in [2.45, 2.75) is 13.5 Å². The van der Waals surface area contributed by atoms with Gasteiger partial charge in [-0.15, -0.1) is 11.3 Å². The van der Waals surface area contributed by atoms with Crippen molar-refractivity contribution in [1.29, 1.82) is 0 Å². The number of rotatable bonds is 5. The Labute approximate surface area is 177 Å². The van der Waals surface area contributed by atoms with E-state index >= 15 is 0 Å². The standard InChI is InChI=1S/C23H21N3O3S/c1-14-6-8-15(9-7-14)13-24-22(27)16-10-11-17-19(20(16)29-3)23(28)26(2)21(25-17)18-5-4-12-30-18/h4-12H,13H2,1-3H3,(H,24,27). The molecule has 1 N–H and O–H groups in total. The molecule has 0 radical (unpaired) electrons. The SMILES string of the molecule is COc1c(C(=O)NCc2ccc(C)cc2)ccc2nc(-c3cccs3)n(C)c(=O)c12. The van der Waals surface area contributed by atoms with Crippen LogP contribution in [0.2, 0.25) is 0 Å². The molecule has 0 bridgehead atoms. The molecule has 30 heavy (non-hydrogen) atoms. The summed E-state index contributed by atoms with van der Waals surface area (Å²) < 4.78 is 6.99. The minimum absolute atomic E-state index is 0.236. The molecule has 0 unspecified atom stereocenters. The lowest BCUT2D eigenvalue weighted by molar-refractivity contribution is 0.0948. The second-order valence-electron chi connectivity index (χ2n) is 6.99. The van der Waals surface area contributed by atoms with E-state index in [0.717, 1.165) is 16.0 Å². The first kappa shape index (κ1) is 19.8. The summed E-state index contributed by atoms with van der Waals surface area (Å²) in [4.78, 5) is 31.5. The molecule has 4 rings (SSSR count). The normalized spacial score (nSPS) is 10.9. The van der Waals surface area contributed by atoms with Crippen molar-refractivity contribution in [2.24, 2.45) is 7.05 Å². The smallest absolute Gasteiger partial charge is 0.265 e. The van der Waals surface area contributed by atoms with Crippen molar-refractivity contribution < 1.29 is 9.53 Å². The number of fused-ring (bicyclic) bond motifs is 1. The maximum atomic E-state index is 13.1. The largest absolute Gasteiger partial charge is 0.495 e. The summed E-state index contributed by atoms with van der Waals surface area (Å²) in [6.45, 7) is 2.40. The summed E-state index contributed by atoms with van der Waals surface area (Å²) in [5.74, 6) is 0.513. The van der Waals surface area contributed by atoms with Crippen LogP contribution in [0.1, 0.15) is 21.5 Å². The third kappa shape index (κ3) is 3.59. The van der Waals surface area contributed by atoms with Crippen LogP contribution in [0.5, 0.6) is 5.75 Å². The minimum Gasteiger partial charge on any atom is -0.495 e. The second-order valence-corrected chi connectivity index (χ2v) is 7.93. The minimum atomic E-state index is -0.307. The number of amides is 1. The van der Waals surface area contributed by atoms with Gasteiger partial charge in [0, 0.05) is 13.6 Å². The predicted molar refractivity (Wildman–Crippen MR) is 119 cm³/mol. The van der Waals surface area contributed by atoms with Gasteiger partial charge in [-0.3, -0.25) is 14.2 Å². The lowest BCUT2D eigenvalue weighted by atomic mass is 10.1. The zero-order chi connectivity index (χ0) is 21.3. The summed E-state index contributed by atoms with van der Waals surface area (Å²) in [5.41, 5.74) is 2.69. The van der Waals surface area contributed by atoms with Crippen molar-refractivity contribution >= 4 is 28.1 Å². The monoisotopic (exact) mass is 419 g/mol. The van der Waals surface area contributed by atoms with Crippen LogP contribution in [0, 0.1) is 6.92 Å². The Balaban J connectivity index is 1.73. The van der Waals surface area contributed by atoms with E-state index in [0.29, 0.717) is 28.8 Å². The van der Waals surface area contributed by atoms with Crippen LogP contribution >= 0.6 is 11.3 Å². The summed E-state index contributed by atoms with van der Waals surface area (Å²) >= 11 is 1.51. The highest BCUT2D eigenvalue weighted by molar-refractivity contribution is 7.13. The molecule has 0 saturated heterocycles. The summed E-state index contributed by atoms with van der Waals surface area (Å²) in [5, 5.41) is 5.13. The third-order valence-electron chi connectivity index (χ3n) is 4.96. The van der Waals surface area contributed by atoms with Crippen LogP contribution < -0.4 is 15.6 Å². The number of benzene rings is 2. The van der Waals surface area contributed by atoms with E-state index in [-0.39, 0.29) is 17.2 Å². The lowest BCUT2D eigenvalue weighted by Crippen LogP contribution is -2.25. The summed E-state index contributed by atoms with van der Waals surface area (Å²) in [7, 11) is 3.13. The topological polar surface area (TPSA) is 73.2 Å². The average molecular weight is 420 g/mol. The van der Waals surface area contributed by atoms with Crippen molar-refractivity contribution in [3.05, 3.63) is 81.0 Å². The molecule has 1 amide bonds. The molecule has 0 atom stereocenters. The van der Waals surface area contributed by atoms with Gasteiger partial charge < -0.3 is 10.1 Å². The van der Waals surface area contributed by atoms with Crippen molar-refractivity contribution in [2.75, 3.05) is 7.11 Å². The Bertz CT molecular complexity index is 1280. The molecule has 2 aromatic heterocycles. The number of thiophene rings is 1. The third-order valence-corrected chi connectivity index (χ3v) is 5.83. The number of aryl methyl sites for hydroxylation is 1. The van der Waals surface area contributed by atoms with Gasteiger partial charge in [0.25, 0.3) is 11.5 Å². The van der Waals surface area contributed by atoms with E-state index in [1.54, 1.807) is 19.2 Å². The molecule has 0 aliphatic carbocycles. The fourth-order valence-electron chi connectivity index (χ4n) is 3.33. The van der Waals surface area contributed by atoms with E-state index in [1.807, 2.05) is 48.7 Å². The fourth-order valence-corrected chi connectivity index (χ4v) is 4.07. The molecule has 0 aliphatic heterocycles. The second kappa shape index (κ2) is 8.12. The maximum absolute atomic E-state index is 13.1. The molecule has 2 aromatic carbocycles. The van der Waals surface area contributed by atoms with Gasteiger partial charge in [-0.2, -0.15) is 0 Å². The molecule has 0 saturated carbocycles. The van der Waals surface area contributed by atoms with Gasteiger partial charge in [-0.25, -0.2) is 4.98 Å². The predicted octanol–water partition coefficient (Wildman–Crippen LogP) is 3.91. The molecule has 0 spiro atoms. The number of aromatic nitrogens is 2. The first-order chi connectivity index (χ1) is 14.5. The Kier molecular flexibility index (Phi) is 5.37. The van der Waals surface area contributed by atoms with Gasteiger partial charge >= 0.3 is 0 Å². The Hall–Kier alpha value is -3.45. The van der Waals surface area contributed by atoms with Gasteiger partial charge in [0.05, 0.1) is 23.1 Å². The zero-order valence-electron chi connectivity index (χ0n) is 16.9. The maximum Gasteiger partial charge on any atom is 0.265 e. The van der Waals surface area contributed by atoms with Crippen LogP contribution in [0.15, 0.2) is 58.7 Å². The molecule has 6 nitrogen and oxygen atoms in total. The highest BCUT2D eigenvalue weighted by Crippen LogP contribution is 2.29. The van der Waals surface area contributed by atoms with E-state index < -0.39 is 0 Å². The van der Waals surface area contributed by atoms with Gasteiger partial charge in [-0.05, 0) is 36.1 Å². The number of nitrogens with one attached hydrogen (secondary N) is 1. The molecule has 0 aliphatic rings. The van der Waals surface area contributed by atoms with E-state index in [4.69, 9.17) is 4.74 Å². The fraction of sp³-hybridized carbons (Fsp3) is 0.174. The Morgan fingerprint density at radius 3 is 2.60 bits per heavy atom. The van der Waals surface area contributed by atoms with Crippen LogP contribution in [0.4, 0.5) is 0 Å². The van der Waals surface area contributed by atoms with Crippen LogP contribution in [-0.4, -0.2) is 22.6 Å². The lowest BCUT2D eigenvalue weighted by Gasteiger charge is -2.14. The number of hydrogen-bond acceptors (Lipinski definition) is 5. The van der Waals surface area contributed by atoms with Crippen LogP contribution in [0.25, 0.3) is 21.6 Å². The number of nitrogens with zero attached hydrogens (tertiary/aromatic N) is 2. The van der Waals surface area contributed by atoms with Gasteiger partial charge in [0.1, 0.15) is 11.1 Å².